The van der Waals surface area contributed by atoms with Gasteiger partial charge in [0.15, 0.2) is 0 Å². The highest BCUT2D eigenvalue weighted by Crippen LogP contribution is 2.16. The molecule has 1 unspecified atom stereocenters. The Morgan fingerprint density at radius 3 is 2.33 bits per heavy atom. The van der Waals surface area contributed by atoms with Crippen molar-refractivity contribution < 1.29 is 20.1 Å². The van der Waals surface area contributed by atoms with Gasteiger partial charge >= 0.3 is 0 Å². The lowest BCUT2D eigenvalue weighted by Crippen LogP contribution is -2.31. The van der Waals surface area contributed by atoms with E-state index in [9.17, 15) is 0 Å². The molecular formula is C5H9O4. The molecule has 1 radical (unpaired) electrons. The van der Waals surface area contributed by atoms with E-state index in [1.54, 1.807) is 0 Å². The van der Waals surface area contributed by atoms with E-state index in [0.717, 1.165) is 6.61 Å². The van der Waals surface area contributed by atoms with Gasteiger partial charge in [0.05, 0.1) is 6.61 Å². The Morgan fingerprint density at radius 1 is 1.44 bits per heavy atom. The van der Waals surface area contributed by atoms with Gasteiger partial charge in [-0.2, -0.15) is 0 Å². The SMILES string of the molecule is OCC1O[CH][C@H](O)[C@@H]1O. The third-order valence-electron chi connectivity index (χ3n) is 1.30. The first-order valence-electron chi connectivity index (χ1n) is 2.71. The minimum Gasteiger partial charge on any atom is -0.394 e. The first-order valence-corrected chi connectivity index (χ1v) is 2.71. The van der Waals surface area contributed by atoms with E-state index in [2.05, 4.69) is 4.74 Å². The summed E-state index contributed by atoms with van der Waals surface area (Å²) in [5.74, 6) is 0. The molecule has 1 aliphatic heterocycles. The van der Waals surface area contributed by atoms with Crippen molar-refractivity contribution in [1.82, 2.24) is 0 Å². The maximum Gasteiger partial charge on any atom is 0.115 e. The molecule has 1 rings (SSSR count). The molecule has 0 amide bonds. The normalized spacial score (nSPS) is 43.7. The topological polar surface area (TPSA) is 69.9 Å². The van der Waals surface area contributed by atoms with Crippen LogP contribution in [0.5, 0.6) is 0 Å². The molecule has 0 aromatic rings. The summed E-state index contributed by atoms with van der Waals surface area (Å²) in [5, 5.41) is 26.1. The van der Waals surface area contributed by atoms with Crippen LogP contribution in [-0.2, 0) is 4.74 Å². The van der Waals surface area contributed by atoms with Crippen LogP contribution < -0.4 is 0 Å². The van der Waals surface area contributed by atoms with Crippen LogP contribution in [-0.4, -0.2) is 40.2 Å². The quantitative estimate of drug-likeness (QED) is 0.397. The molecule has 0 bridgehead atoms. The molecule has 1 heterocycles. The fourth-order valence-corrected chi connectivity index (χ4v) is 0.713. The fraction of sp³-hybridized carbons (Fsp3) is 0.800. The first-order chi connectivity index (χ1) is 4.25. The molecule has 1 fully saturated rings. The summed E-state index contributed by atoms with van der Waals surface area (Å²) in [4.78, 5) is 0. The number of ether oxygens (including phenoxy) is 1. The molecule has 0 saturated carbocycles. The summed E-state index contributed by atoms with van der Waals surface area (Å²) in [7, 11) is 0. The van der Waals surface area contributed by atoms with E-state index in [1.807, 2.05) is 0 Å². The third kappa shape index (κ3) is 1.21. The van der Waals surface area contributed by atoms with Gasteiger partial charge in [-0.3, -0.25) is 0 Å². The maximum absolute atomic E-state index is 8.89. The fourth-order valence-electron chi connectivity index (χ4n) is 0.713. The summed E-state index contributed by atoms with van der Waals surface area (Å²) in [6, 6.07) is 0. The Morgan fingerprint density at radius 2 is 2.11 bits per heavy atom. The van der Waals surface area contributed by atoms with Crippen molar-refractivity contribution in [2.45, 2.75) is 18.3 Å². The van der Waals surface area contributed by atoms with Gasteiger partial charge in [0, 0.05) is 0 Å². The van der Waals surface area contributed by atoms with Crippen molar-refractivity contribution >= 4 is 0 Å². The lowest BCUT2D eigenvalue weighted by molar-refractivity contribution is -0.00317. The molecular weight excluding hydrogens is 124 g/mol. The smallest absolute Gasteiger partial charge is 0.115 e. The first kappa shape index (κ1) is 6.95. The standard InChI is InChI=1S/C5H9O4/c6-1-4-5(8)3(7)2-9-4/h2-8H,1H2/t3-,4?,5-/m0/s1. The van der Waals surface area contributed by atoms with Crippen LogP contribution in [0.3, 0.4) is 0 Å². The predicted octanol–water partition coefficient (Wildman–Crippen LogP) is -1.74. The minimum absolute atomic E-state index is 0.269. The Labute approximate surface area is 52.7 Å². The number of hydrogen-bond acceptors (Lipinski definition) is 4. The van der Waals surface area contributed by atoms with Crippen LogP contribution in [0.15, 0.2) is 0 Å². The lowest BCUT2D eigenvalue weighted by atomic mass is 10.2. The van der Waals surface area contributed by atoms with Crippen LogP contribution in [0.1, 0.15) is 0 Å². The largest absolute Gasteiger partial charge is 0.394 e. The van der Waals surface area contributed by atoms with Gasteiger partial charge < -0.3 is 20.1 Å². The molecule has 0 aliphatic carbocycles. The van der Waals surface area contributed by atoms with Crippen molar-refractivity contribution in [1.29, 1.82) is 0 Å². The van der Waals surface area contributed by atoms with Gasteiger partial charge in [0.2, 0.25) is 0 Å². The van der Waals surface area contributed by atoms with Crippen LogP contribution in [0.25, 0.3) is 0 Å². The highest BCUT2D eigenvalue weighted by molar-refractivity contribution is 4.89. The van der Waals surface area contributed by atoms with E-state index in [-0.39, 0.29) is 6.61 Å². The molecule has 0 aromatic heterocycles. The third-order valence-corrected chi connectivity index (χ3v) is 1.30. The van der Waals surface area contributed by atoms with Crippen molar-refractivity contribution in [2.24, 2.45) is 0 Å². The van der Waals surface area contributed by atoms with Gasteiger partial charge in [-0.1, -0.05) is 0 Å². The van der Waals surface area contributed by atoms with E-state index in [0.29, 0.717) is 0 Å². The second-order valence-corrected chi connectivity index (χ2v) is 1.97. The Kier molecular flexibility index (Phi) is 2.02. The van der Waals surface area contributed by atoms with Gasteiger partial charge in [-0.15, -0.1) is 0 Å². The molecule has 0 spiro atoms. The molecule has 1 aliphatic rings. The summed E-state index contributed by atoms with van der Waals surface area (Å²) in [6.07, 6.45) is -2.59. The highest BCUT2D eigenvalue weighted by atomic mass is 16.5. The zero-order valence-corrected chi connectivity index (χ0v) is 4.77. The Hall–Kier alpha value is -0.160. The average molecular weight is 133 g/mol. The number of hydrogen-bond donors (Lipinski definition) is 3. The van der Waals surface area contributed by atoms with Gasteiger partial charge in [-0.25, -0.2) is 0 Å². The maximum atomic E-state index is 8.89. The zero-order valence-electron chi connectivity index (χ0n) is 4.77. The average Bonchev–Trinajstić information content (AvgIpc) is 2.15. The van der Waals surface area contributed by atoms with Crippen LogP contribution in [0.2, 0.25) is 0 Å². The van der Waals surface area contributed by atoms with Gasteiger partial charge in [0.25, 0.3) is 0 Å². The van der Waals surface area contributed by atoms with Crippen molar-refractivity contribution in [3.63, 3.8) is 0 Å². The molecule has 1 saturated heterocycles. The number of rotatable bonds is 1. The monoisotopic (exact) mass is 133 g/mol. The molecule has 0 aromatic carbocycles. The van der Waals surface area contributed by atoms with E-state index < -0.39 is 18.3 Å². The second kappa shape index (κ2) is 2.62. The highest BCUT2D eigenvalue weighted by Gasteiger charge is 2.34. The predicted molar refractivity (Wildman–Crippen MR) is 28.3 cm³/mol. The Balaban J connectivity index is 2.41. The summed E-state index contributed by atoms with van der Waals surface area (Å²) >= 11 is 0. The van der Waals surface area contributed by atoms with Crippen LogP contribution in [0.4, 0.5) is 0 Å². The van der Waals surface area contributed by atoms with Crippen molar-refractivity contribution in [3.05, 3.63) is 6.61 Å². The second-order valence-electron chi connectivity index (χ2n) is 1.97. The molecule has 53 valence electrons. The van der Waals surface area contributed by atoms with E-state index >= 15 is 0 Å². The molecule has 3 N–H and O–H groups in total. The molecule has 9 heavy (non-hydrogen) atoms. The summed E-state index contributed by atoms with van der Waals surface area (Å²) in [6.45, 7) is 0.848. The van der Waals surface area contributed by atoms with Crippen LogP contribution in [0, 0.1) is 6.61 Å². The van der Waals surface area contributed by atoms with E-state index in [1.165, 1.54) is 0 Å². The molecule has 4 heteroatoms. The van der Waals surface area contributed by atoms with Crippen molar-refractivity contribution in [2.75, 3.05) is 6.61 Å². The zero-order chi connectivity index (χ0) is 6.85. The molecule has 3 atom stereocenters. The van der Waals surface area contributed by atoms with Gasteiger partial charge in [-0.05, 0) is 0 Å². The van der Waals surface area contributed by atoms with Crippen LogP contribution >= 0.6 is 0 Å². The van der Waals surface area contributed by atoms with Gasteiger partial charge in [0.1, 0.15) is 24.9 Å². The number of aliphatic hydroxyl groups excluding tert-OH is 3. The van der Waals surface area contributed by atoms with Crippen molar-refractivity contribution in [3.8, 4) is 0 Å². The van der Waals surface area contributed by atoms with E-state index in [4.69, 9.17) is 15.3 Å². The Bertz CT molecular complexity index is 95.0. The lowest BCUT2D eigenvalue weighted by Gasteiger charge is -2.10. The summed E-state index contributed by atoms with van der Waals surface area (Å²) in [5.41, 5.74) is 0. The number of aliphatic hydroxyl groups is 3. The summed E-state index contributed by atoms with van der Waals surface area (Å²) < 4.78 is 4.65. The molecule has 4 nitrogen and oxygen atoms in total. The minimum atomic E-state index is -0.977.